The van der Waals surface area contributed by atoms with Gasteiger partial charge in [0, 0.05) is 23.6 Å². The molecule has 3 aliphatic heterocycles. The van der Waals surface area contributed by atoms with Crippen LogP contribution in [0.15, 0.2) is 18.2 Å². The van der Waals surface area contributed by atoms with E-state index in [-0.39, 0.29) is 17.0 Å². The number of nitro benzene ring substituents is 1. The van der Waals surface area contributed by atoms with E-state index in [1.165, 1.54) is 12.1 Å². The fourth-order valence-electron chi connectivity index (χ4n) is 3.76. The molecule has 0 aromatic heterocycles. The smallest absolute Gasteiger partial charge is 0.324 e. The lowest BCUT2D eigenvalue weighted by Crippen LogP contribution is -2.67. The Balaban J connectivity index is 1.87. The van der Waals surface area contributed by atoms with E-state index >= 15 is 0 Å². The maximum Gasteiger partial charge on any atom is 0.324 e. The Morgan fingerprint density at radius 2 is 1.61 bits per heavy atom. The molecular formula is C15H13N5O8. The second-order valence-corrected chi connectivity index (χ2v) is 6.47. The van der Waals surface area contributed by atoms with Crippen molar-refractivity contribution in [3.05, 3.63) is 33.9 Å². The van der Waals surface area contributed by atoms with Crippen LogP contribution in [-0.4, -0.2) is 46.4 Å². The summed E-state index contributed by atoms with van der Waals surface area (Å²) in [6.45, 7) is 0. The van der Waals surface area contributed by atoms with Crippen molar-refractivity contribution in [1.82, 2.24) is 21.3 Å². The number of aliphatic hydroxyl groups excluding tert-OH is 1. The number of aliphatic hydroxyl groups is 1. The SMILES string of the molecule is O=C1NC(=O)C(C2c3cc([N+](=O)[O-])ccc3OC3NC(=O)NC(=O)C32)C(O)N1. The van der Waals surface area contributed by atoms with Gasteiger partial charge in [-0.05, 0) is 6.07 Å². The number of benzene rings is 1. The Bertz CT molecular complexity index is 933. The van der Waals surface area contributed by atoms with Gasteiger partial charge in [0.2, 0.25) is 11.8 Å². The van der Waals surface area contributed by atoms with Crippen LogP contribution in [0.2, 0.25) is 0 Å². The normalized spacial score (nSPS) is 31.2. The number of hydrogen-bond acceptors (Lipinski definition) is 8. The third-order valence-electron chi connectivity index (χ3n) is 4.89. The van der Waals surface area contributed by atoms with E-state index in [0.29, 0.717) is 0 Å². The van der Waals surface area contributed by atoms with Gasteiger partial charge in [0.05, 0.1) is 10.8 Å². The molecule has 28 heavy (non-hydrogen) atoms. The molecule has 4 rings (SSSR count). The van der Waals surface area contributed by atoms with Crippen molar-refractivity contribution in [1.29, 1.82) is 0 Å². The quantitative estimate of drug-likeness (QED) is 0.301. The topological polar surface area (TPSA) is 189 Å². The Morgan fingerprint density at radius 3 is 2.25 bits per heavy atom. The molecule has 2 fully saturated rings. The number of nitrogens with zero attached hydrogens (tertiary/aromatic N) is 1. The molecule has 0 spiro atoms. The third-order valence-corrected chi connectivity index (χ3v) is 4.89. The molecule has 2 saturated heterocycles. The van der Waals surface area contributed by atoms with E-state index in [9.17, 15) is 34.4 Å². The van der Waals surface area contributed by atoms with Crippen LogP contribution < -0.4 is 26.0 Å². The zero-order chi connectivity index (χ0) is 20.2. The molecule has 146 valence electrons. The maximum atomic E-state index is 12.5. The zero-order valence-electron chi connectivity index (χ0n) is 13.9. The van der Waals surface area contributed by atoms with Gasteiger partial charge >= 0.3 is 12.1 Å². The fraction of sp³-hybridized carbons (Fsp3) is 0.333. The minimum absolute atomic E-state index is 0.101. The molecule has 0 saturated carbocycles. The highest BCUT2D eigenvalue weighted by Crippen LogP contribution is 2.47. The van der Waals surface area contributed by atoms with Gasteiger partial charge in [-0.3, -0.25) is 30.3 Å². The summed E-state index contributed by atoms with van der Waals surface area (Å²) in [5.41, 5.74) is -0.196. The summed E-state index contributed by atoms with van der Waals surface area (Å²) >= 11 is 0. The van der Waals surface area contributed by atoms with E-state index in [1.54, 1.807) is 0 Å². The van der Waals surface area contributed by atoms with Crippen molar-refractivity contribution in [2.24, 2.45) is 11.8 Å². The minimum atomic E-state index is -1.66. The first kappa shape index (κ1) is 17.7. The molecule has 1 aromatic rings. The molecule has 13 nitrogen and oxygen atoms in total. The van der Waals surface area contributed by atoms with Gasteiger partial charge in [0.25, 0.3) is 5.69 Å². The predicted octanol–water partition coefficient (Wildman–Crippen LogP) is -1.37. The molecule has 0 aliphatic carbocycles. The average Bonchev–Trinajstić information content (AvgIpc) is 2.59. The third kappa shape index (κ3) is 2.68. The molecule has 5 N–H and O–H groups in total. The summed E-state index contributed by atoms with van der Waals surface area (Å²) in [5.74, 6) is -5.24. The number of non-ortho nitro benzene ring substituents is 1. The van der Waals surface area contributed by atoms with Gasteiger partial charge in [0.15, 0.2) is 6.23 Å². The van der Waals surface area contributed by atoms with Gasteiger partial charge in [-0.25, -0.2) is 9.59 Å². The first-order chi connectivity index (χ1) is 13.3. The van der Waals surface area contributed by atoms with E-state index in [1.807, 2.05) is 5.32 Å². The number of nitro groups is 1. The highest BCUT2D eigenvalue weighted by atomic mass is 16.6. The van der Waals surface area contributed by atoms with E-state index in [4.69, 9.17) is 4.74 Å². The van der Waals surface area contributed by atoms with Crippen molar-refractivity contribution < 1.29 is 33.9 Å². The van der Waals surface area contributed by atoms with Crippen molar-refractivity contribution in [2.75, 3.05) is 0 Å². The fourth-order valence-corrected chi connectivity index (χ4v) is 3.76. The lowest BCUT2D eigenvalue weighted by Gasteiger charge is -2.45. The minimum Gasteiger partial charge on any atom is -0.469 e. The number of carbonyl (C=O) groups is 4. The molecule has 1 aromatic carbocycles. The summed E-state index contributed by atoms with van der Waals surface area (Å²) in [4.78, 5) is 58.6. The molecular weight excluding hydrogens is 378 g/mol. The predicted molar refractivity (Wildman–Crippen MR) is 86.6 cm³/mol. The van der Waals surface area contributed by atoms with Crippen LogP contribution in [0.5, 0.6) is 5.75 Å². The standard InChI is InChI=1S/C15H13N5O8/c21-10-8(11(22)17-14(24)16-10)7-5-3-4(20(26)27)1-2-6(5)28-13-9(7)12(23)18-15(25)19-13/h1-3,7-10,13,21H,(H2,16,17,22,24)(H2,18,19,23,25). The Kier molecular flexibility index (Phi) is 3.88. The highest BCUT2D eigenvalue weighted by molar-refractivity contribution is 6.01. The molecule has 3 heterocycles. The van der Waals surface area contributed by atoms with Gasteiger partial charge in [-0.2, -0.15) is 0 Å². The number of nitrogens with one attached hydrogen (secondary N) is 4. The van der Waals surface area contributed by atoms with Gasteiger partial charge in [-0.1, -0.05) is 0 Å². The molecule has 13 heteroatoms. The van der Waals surface area contributed by atoms with Gasteiger partial charge in [-0.15, -0.1) is 0 Å². The Morgan fingerprint density at radius 1 is 0.964 bits per heavy atom. The van der Waals surface area contributed by atoms with Crippen LogP contribution >= 0.6 is 0 Å². The lowest BCUT2D eigenvalue weighted by molar-refractivity contribution is -0.385. The highest BCUT2D eigenvalue weighted by Gasteiger charge is 2.54. The Hall–Kier alpha value is -3.74. The number of imide groups is 2. The number of urea groups is 2. The van der Waals surface area contributed by atoms with E-state index < -0.39 is 59.0 Å². The maximum absolute atomic E-state index is 12.5. The molecule has 6 amide bonds. The summed E-state index contributed by atoms with van der Waals surface area (Å²) < 4.78 is 5.61. The molecule has 3 aliphatic rings. The largest absolute Gasteiger partial charge is 0.469 e. The van der Waals surface area contributed by atoms with Crippen LogP contribution in [-0.2, 0) is 9.59 Å². The van der Waals surface area contributed by atoms with Crippen molar-refractivity contribution in [2.45, 2.75) is 18.4 Å². The summed E-state index contributed by atoms with van der Waals surface area (Å²) in [6, 6.07) is 1.85. The van der Waals surface area contributed by atoms with Crippen molar-refractivity contribution in [3.8, 4) is 5.75 Å². The van der Waals surface area contributed by atoms with E-state index in [0.717, 1.165) is 6.07 Å². The number of fused-ring (bicyclic) bond motifs is 2. The van der Waals surface area contributed by atoms with Crippen LogP contribution in [0.25, 0.3) is 0 Å². The summed E-state index contributed by atoms with van der Waals surface area (Å²) in [5, 5.41) is 30.1. The molecule has 5 unspecified atom stereocenters. The number of ether oxygens (including phenoxy) is 1. The number of amides is 6. The average molecular weight is 391 g/mol. The zero-order valence-corrected chi connectivity index (χ0v) is 13.9. The summed E-state index contributed by atoms with van der Waals surface area (Å²) in [7, 11) is 0. The number of hydrogen-bond donors (Lipinski definition) is 5. The second-order valence-electron chi connectivity index (χ2n) is 6.47. The van der Waals surface area contributed by atoms with Crippen LogP contribution in [0.3, 0.4) is 0 Å². The lowest BCUT2D eigenvalue weighted by atomic mass is 9.71. The molecule has 0 radical (unpaired) electrons. The van der Waals surface area contributed by atoms with Crippen molar-refractivity contribution >= 4 is 29.6 Å². The monoisotopic (exact) mass is 391 g/mol. The van der Waals surface area contributed by atoms with Crippen molar-refractivity contribution in [3.63, 3.8) is 0 Å². The first-order valence-electron chi connectivity index (χ1n) is 8.12. The van der Waals surface area contributed by atoms with Gasteiger partial charge in [0.1, 0.15) is 17.9 Å². The van der Waals surface area contributed by atoms with Crippen LogP contribution in [0.1, 0.15) is 11.5 Å². The second kappa shape index (κ2) is 6.16. The number of rotatable bonds is 2. The Labute approximate surface area is 155 Å². The van der Waals surface area contributed by atoms with E-state index in [2.05, 4.69) is 16.0 Å². The summed E-state index contributed by atoms with van der Waals surface area (Å²) in [6.07, 6.45) is -2.83. The van der Waals surface area contributed by atoms with Crippen LogP contribution in [0.4, 0.5) is 15.3 Å². The first-order valence-corrected chi connectivity index (χ1v) is 8.12. The molecule has 5 atom stereocenters. The van der Waals surface area contributed by atoms with Gasteiger partial charge < -0.3 is 20.5 Å². The number of carbonyl (C=O) groups excluding carboxylic acids is 4. The van der Waals surface area contributed by atoms with Crippen LogP contribution in [0, 0.1) is 22.0 Å². The molecule has 0 bridgehead atoms.